The number of hydrogen-bond acceptors (Lipinski definition) is 7. The zero-order chi connectivity index (χ0) is 15.2. The minimum absolute atomic E-state index is 0.389. The van der Waals surface area contributed by atoms with Crippen molar-refractivity contribution in [2.45, 2.75) is 19.6 Å². The third kappa shape index (κ3) is 4.02. The number of nitrogens with one attached hydrogen (secondary N) is 1. The van der Waals surface area contributed by atoms with Crippen molar-refractivity contribution in [3.63, 3.8) is 0 Å². The minimum atomic E-state index is 0.389. The molecule has 22 heavy (non-hydrogen) atoms. The number of ether oxygens (including phenoxy) is 1. The minimum Gasteiger partial charge on any atom is -0.377 e. The molecule has 7 nitrogen and oxygen atoms in total. The lowest BCUT2D eigenvalue weighted by molar-refractivity contribution is 0.174. The van der Waals surface area contributed by atoms with E-state index in [1.807, 2.05) is 18.2 Å². The SMILES string of the molecule is COCc1noc(CN2CCC(CNc3ccccn3)C2)n1. The van der Waals surface area contributed by atoms with Gasteiger partial charge in [-0.1, -0.05) is 11.2 Å². The first-order valence-electron chi connectivity index (χ1n) is 7.51. The number of hydrogen-bond donors (Lipinski definition) is 1. The summed E-state index contributed by atoms with van der Waals surface area (Å²) in [5.74, 6) is 2.81. The fourth-order valence-electron chi connectivity index (χ4n) is 2.67. The summed E-state index contributed by atoms with van der Waals surface area (Å²) in [5, 5.41) is 7.27. The van der Waals surface area contributed by atoms with Crippen molar-refractivity contribution in [1.82, 2.24) is 20.0 Å². The Morgan fingerprint density at radius 1 is 1.45 bits per heavy atom. The van der Waals surface area contributed by atoms with Gasteiger partial charge in [-0.2, -0.15) is 4.98 Å². The lowest BCUT2D eigenvalue weighted by Crippen LogP contribution is -2.23. The largest absolute Gasteiger partial charge is 0.377 e. The maximum Gasteiger partial charge on any atom is 0.240 e. The molecule has 2 aromatic heterocycles. The van der Waals surface area contributed by atoms with E-state index in [4.69, 9.17) is 9.26 Å². The van der Waals surface area contributed by atoms with Crippen LogP contribution in [0.1, 0.15) is 18.1 Å². The summed E-state index contributed by atoms with van der Waals surface area (Å²) in [6.07, 6.45) is 2.97. The van der Waals surface area contributed by atoms with Crippen LogP contribution < -0.4 is 5.32 Å². The molecule has 1 fully saturated rings. The summed E-state index contributed by atoms with van der Waals surface area (Å²) < 4.78 is 10.2. The van der Waals surface area contributed by atoms with Gasteiger partial charge in [0.2, 0.25) is 5.89 Å². The summed E-state index contributed by atoms with van der Waals surface area (Å²) >= 11 is 0. The second kappa shape index (κ2) is 7.33. The van der Waals surface area contributed by atoms with Crippen molar-refractivity contribution in [3.8, 4) is 0 Å². The number of anilines is 1. The van der Waals surface area contributed by atoms with Crippen molar-refractivity contribution in [2.75, 3.05) is 32.1 Å². The van der Waals surface area contributed by atoms with Gasteiger partial charge in [0.05, 0.1) is 6.54 Å². The zero-order valence-electron chi connectivity index (χ0n) is 12.7. The molecule has 0 spiro atoms. The molecule has 118 valence electrons. The predicted octanol–water partition coefficient (Wildman–Crippen LogP) is 1.54. The summed E-state index contributed by atoms with van der Waals surface area (Å²) in [7, 11) is 1.62. The van der Waals surface area contributed by atoms with Gasteiger partial charge in [0.15, 0.2) is 5.82 Å². The standard InChI is InChI=1S/C15H21N5O2/c1-21-11-14-18-15(22-19-14)10-20-7-5-12(9-20)8-17-13-4-2-3-6-16-13/h2-4,6,12H,5,7-11H2,1H3,(H,16,17). The normalized spacial score (nSPS) is 18.7. The number of nitrogens with zero attached hydrogens (tertiary/aromatic N) is 4. The zero-order valence-corrected chi connectivity index (χ0v) is 12.7. The molecule has 1 N–H and O–H groups in total. The third-order valence-electron chi connectivity index (χ3n) is 3.75. The third-order valence-corrected chi connectivity index (χ3v) is 3.75. The molecule has 3 heterocycles. The highest BCUT2D eigenvalue weighted by Gasteiger charge is 2.24. The van der Waals surface area contributed by atoms with Crippen LogP contribution in [-0.4, -0.2) is 46.8 Å². The van der Waals surface area contributed by atoms with Crippen LogP contribution in [0.4, 0.5) is 5.82 Å². The van der Waals surface area contributed by atoms with E-state index in [1.54, 1.807) is 13.3 Å². The number of pyridine rings is 1. The second-order valence-electron chi connectivity index (χ2n) is 5.52. The summed E-state index contributed by atoms with van der Waals surface area (Å²) in [5.41, 5.74) is 0. The fraction of sp³-hybridized carbons (Fsp3) is 0.533. The van der Waals surface area contributed by atoms with Crippen molar-refractivity contribution in [1.29, 1.82) is 0 Å². The molecule has 0 aromatic carbocycles. The van der Waals surface area contributed by atoms with Gasteiger partial charge >= 0.3 is 0 Å². The molecule has 0 saturated carbocycles. The van der Waals surface area contributed by atoms with E-state index >= 15 is 0 Å². The molecule has 0 radical (unpaired) electrons. The van der Waals surface area contributed by atoms with Crippen LogP contribution >= 0.6 is 0 Å². The topological polar surface area (TPSA) is 76.3 Å². The van der Waals surface area contributed by atoms with Crippen LogP contribution in [0.2, 0.25) is 0 Å². The Hall–Kier alpha value is -1.99. The molecule has 1 atom stereocenters. The first-order chi connectivity index (χ1) is 10.8. The van der Waals surface area contributed by atoms with Crippen LogP contribution in [0, 0.1) is 5.92 Å². The van der Waals surface area contributed by atoms with Crippen LogP contribution in [-0.2, 0) is 17.9 Å². The van der Waals surface area contributed by atoms with Crippen LogP contribution in [0.25, 0.3) is 0 Å². The molecule has 2 aromatic rings. The maximum absolute atomic E-state index is 5.24. The molecule has 1 aliphatic rings. The van der Waals surface area contributed by atoms with E-state index < -0.39 is 0 Å². The van der Waals surface area contributed by atoms with Gasteiger partial charge in [0.1, 0.15) is 12.4 Å². The first kappa shape index (κ1) is 14.9. The lowest BCUT2D eigenvalue weighted by atomic mass is 10.1. The van der Waals surface area contributed by atoms with Gasteiger partial charge in [0.25, 0.3) is 0 Å². The van der Waals surface area contributed by atoms with Gasteiger partial charge in [-0.25, -0.2) is 4.98 Å². The number of aromatic nitrogens is 3. The van der Waals surface area contributed by atoms with Gasteiger partial charge in [0, 0.05) is 26.4 Å². The Kier molecular flexibility index (Phi) is 4.97. The predicted molar refractivity (Wildman–Crippen MR) is 81.1 cm³/mol. The molecule has 1 saturated heterocycles. The molecule has 7 heteroatoms. The van der Waals surface area contributed by atoms with Crippen molar-refractivity contribution in [3.05, 3.63) is 36.1 Å². The highest BCUT2D eigenvalue weighted by atomic mass is 16.5. The molecule has 1 aliphatic heterocycles. The maximum atomic E-state index is 5.24. The van der Waals surface area contributed by atoms with Crippen molar-refractivity contribution >= 4 is 5.82 Å². The summed E-state index contributed by atoms with van der Waals surface area (Å²) in [4.78, 5) is 10.9. The first-order valence-corrected chi connectivity index (χ1v) is 7.51. The van der Waals surface area contributed by atoms with Crippen LogP contribution in [0.5, 0.6) is 0 Å². The second-order valence-corrected chi connectivity index (χ2v) is 5.52. The smallest absolute Gasteiger partial charge is 0.240 e. The van der Waals surface area contributed by atoms with E-state index in [1.165, 1.54) is 6.42 Å². The van der Waals surface area contributed by atoms with E-state index in [2.05, 4.69) is 25.3 Å². The Balaban J connectivity index is 1.43. The van der Waals surface area contributed by atoms with Gasteiger partial charge in [-0.05, 0) is 31.0 Å². The molecular weight excluding hydrogens is 282 g/mol. The van der Waals surface area contributed by atoms with E-state index in [0.29, 0.717) is 30.8 Å². The van der Waals surface area contributed by atoms with Gasteiger partial charge in [-0.3, -0.25) is 4.90 Å². The average Bonchev–Trinajstić information content (AvgIpc) is 3.17. The quantitative estimate of drug-likeness (QED) is 0.831. The molecule has 0 bridgehead atoms. The molecule has 0 aliphatic carbocycles. The number of rotatable bonds is 7. The summed E-state index contributed by atoms with van der Waals surface area (Å²) in [6.45, 7) is 4.11. The number of methoxy groups -OCH3 is 1. The highest BCUT2D eigenvalue weighted by molar-refractivity contribution is 5.33. The van der Waals surface area contributed by atoms with Crippen molar-refractivity contribution in [2.24, 2.45) is 5.92 Å². The van der Waals surface area contributed by atoms with Gasteiger partial charge < -0.3 is 14.6 Å². The average molecular weight is 303 g/mol. The van der Waals surface area contributed by atoms with E-state index in [0.717, 1.165) is 25.5 Å². The van der Waals surface area contributed by atoms with Crippen LogP contribution in [0.3, 0.4) is 0 Å². The van der Waals surface area contributed by atoms with Gasteiger partial charge in [-0.15, -0.1) is 0 Å². The van der Waals surface area contributed by atoms with Crippen LogP contribution in [0.15, 0.2) is 28.9 Å². The Morgan fingerprint density at radius 3 is 3.23 bits per heavy atom. The Morgan fingerprint density at radius 2 is 2.41 bits per heavy atom. The van der Waals surface area contributed by atoms with E-state index in [9.17, 15) is 0 Å². The Labute approximate surface area is 129 Å². The van der Waals surface area contributed by atoms with E-state index in [-0.39, 0.29) is 0 Å². The monoisotopic (exact) mass is 303 g/mol. The van der Waals surface area contributed by atoms with Crippen molar-refractivity contribution < 1.29 is 9.26 Å². The lowest BCUT2D eigenvalue weighted by Gasteiger charge is -2.14. The molecular formula is C15H21N5O2. The fourth-order valence-corrected chi connectivity index (χ4v) is 2.67. The summed E-state index contributed by atoms with van der Waals surface area (Å²) in [6, 6.07) is 5.90. The molecule has 0 amide bonds. The Bertz CT molecular complexity index is 574. The molecule has 1 unspecified atom stereocenters. The molecule has 3 rings (SSSR count). The number of likely N-dealkylation sites (tertiary alicyclic amines) is 1. The highest BCUT2D eigenvalue weighted by Crippen LogP contribution is 2.18.